The highest BCUT2D eigenvalue weighted by molar-refractivity contribution is 7.88. The maximum Gasteiger partial charge on any atom is 0.326 e. The number of carbonyl (C=O) groups is 1. The lowest BCUT2D eigenvalue weighted by Crippen LogP contribution is -2.54. The van der Waals surface area contributed by atoms with Gasteiger partial charge in [-0.05, 0) is 5.56 Å². The molecule has 1 saturated heterocycles. The first kappa shape index (κ1) is 18.8. The van der Waals surface area contributed by atoms with Gasteiger partial charge in [0, 0.05) is 26.2 Å². The number of hydrogen-bond acceptors (Lipinski definition) is 5. The molecule has 1 heterocycles. The van der Waals surface area contributed by atoms with E-state index in [1.807, 2.05) is 0 Å². The first-order chi connectivity index (χ1) is 11.1. The van der Waals surface area contributed by atoms with Crippen LogP contribution < -0.4 is 4.72 Å². The van der Waals surface area contributed by atoms with Gasteiger partial charge in [-0.3, -0.25) is 4.79 Å². The fourth-order valence-corrected chi connectivity index (χ4v) is 4.53. The van der Waals surface area contributed by atoms with E-state index in [0.29, 0.717) is 5.56 Å². The van der Waals surface area contributed by atoms with Gasteiger partial charge >= 0.3 is 5.97 Å². The maximum absolute atomic E-state index is 12.4. The van der Waals surface area contributed by atoms with Gasteiger partial charge in [-0.25, -0.2) is 8.42 Å². The predicted molar refractivity (Wildman–Crippen MR) is 86.9 cm³/mol. The molecular formula is C13H19N3O6S2. The molecule has 1 aliphatic rings. The Bertz CT molecular complexity index is 786. The molecule has 2 N–H and O–H groups in total. The van der Waals surface area contributed by atoms with Crippen LogP contribution in [0.15, 0.2) is 30.3 Å². The summed E-state index contributed by atoms with van der Waals surface area (Å²) in [5.74, 6) is -1.32. The number of benzene rings is 1. The van der Waals surface area contributed by atoms with Crippen LogP contribution >= 0.6 is 0 Å². The zero-order chi connectivity index (χ0) is 18.0. The predicted octanol–water partition coefficient (Wildman–Crippen LogP) is -0.776. The summed E-state index contributed by atoms with van der Waals surface area (Å²) in [6.07, 6.45) is 1.06. The number of nitrogens with one attached hydrogen (secondary N) is 1. The monoisotopic (exact) mass is 377 g/mol. The lowest BCUT2D eigenvalue weighted by Gasteiger charge is -2.33. The van der Waals surface area contributed by atoms with E-state index in [0.717, 1.165) is 10.6 Å². The van der Waals surface area contributed by atoms with E-state index in [-0.39, 0.29) is 26.2 Å². The average Bonchev–Trinajstić information content (AvgIpc) is 2.52. The van der Waals surface area contributed by atoms with Gasteiger partial charge in [0.25, 0.3) is 10.2 Å². The summed E-state index contributed by atoms with van der Waals surface area (Å²) in [7, 11) is -7.44. The third kappa shape index (κ3) is 4.51. The zero-order valence-electron chi connectivity index (χ0n) is 13.0. The quantitative estimate of drug-likeness (QED) is 0.670. The highest BCUT2D eigenvalue weighted by Gasteiger charge is 2.33. The second kappa shape index (κ2) is 7.15. The van der Waals surface area contributed by atoms with Gasteiger partial charge in [0.05, 0.1) is 6.26 Å². The summed E-state index contributed by atoms with van der Waals surface area (Å²) in [6.45, 7) is -0.0152. The molecule has 1 fully saturated rings. The van der Waals surface area contributed by atoms with Crippen LogP contribution in [0, 0.1) is 0 Å². The molecule has 0 saturated carbocycles. The first-order valence-electron chi connectivity index (χ1n) is 7.11. The Morgan fingerprint density at radius 2 is 1.54 bits per heavy atom. The van der Waals surface area contributed by atoms with Crippen LogP contribution in [0.2, 0.25) is 0 Å². The standard InChI is InChI=1S/C13H19N3O6S2/c1-23(19,20)15-7-9-16(10-8-15)24(21,22)14-12(13(17)18)11-5-3-2-4-6-11/h2-6,12,14H,7-10H2,1H3,(H,17,18)/t12-/m0/s1. The van der Waals surface area contributed by atoms with Crippen molar-refractivity contribution < 1.29 is 26.7 Å². The number of rotatable bonds is 6. The fourth-order valence-electron chi connectivity index (χ4n) is 2.37. The molecule has 1 aromatic rings. The van der Waals surface area contributed by atoms with Crippen LogP contribution in [-0.4, -0.2) is 69.0 Å². The lowest BCUT2D eigenvalue weighted by atomic mass is 10.1. The average molecular weight is 377 g/mol. The van der Waals surface area contributed by atoms with E-state index in [2.05, 4.69) is 4.72 Å². The molecule has 0 aromatic heterocycles. The van der Waals surface area contributed by atoms with Gasteiger partial charge in [0.15, 0.2) is 0 Å². The third-order valence-corrected chi connectivity index (χ3v) is 6.53. The first-order valence-corrected chi connectivity index (χ1v) is 10.4. The second-order valence-electron chi connectivity index (χ2n) is 5.37. The van der Waals surface area contributed by atoms with Crippen molar-refractivity contribution in [3.05, 3.63) is 35.9 Å². The number of nitrogens with zero attached hydrogens (tertiary/aromatic N) is 2. The van der Waals surface area contributed by atoms with Gasteiger partial charge in [-0.1, -0.05) is 30.3 Å². The van der Waals surface area contributed by atoms with Gasteiger partial charge in [-0.15, -0.1) is 0 Å². The van der Waals surface area contributed by atoms with Crippen molar-refractivity contribution in [3.8, 4) is 0 Å². The summed E-state index contributed by atoms with van der Waals surface area (Å²) in [4.78, 5) is 11.4. The zero-order valence-corrected chi connectivity index (χ0v) is 14.6. The molecule has 0 spiro atoms. The van der Waals surface area contributed by atoms with Gasteiger partial charge in [0.1, 0.15) is 6.04 Å². The molecule has 2 rings (SSSR count). The maximum atomic E-state index is 12.4. The molecule has 0 unspecified atom stereocenters. The van der Waals surface area contributed by atoms with Gasteiger partial charge < -0.3 is 5.11 Å². The van der Waals surface area contributed by atoms with Crippen molar-refractivity contribution in [2.75, 3.05) is 32.4 Å². The van der Waals surface area contributed by atoms with E-state index in [1.165, 1.54) is 16.4 Å². The van der Waals surface area contributed by atoms with E-state index in [1.54, 1.807) is 18.2 Å². The highest BCUT2D eigenvalue weighted by Crippen LogP contribution is 2.16. The molecule has 24 heavy (non-hydrogen) atoms. The van der Waals surface area contributed by atoms with Crippen molar-refractivity contribution in [2.45, 2.75) is 6.04 Å². The number of carboxylic acid groups (broad SMARTS) is 1. The minimum Gasteiger partial charge on any atom is -0.480 e. The molecule has 11 heteroatoms. The SMILES string of the molecule is CS(=O)(=O)N1CCN(S(=O)(=O)N[C@H](C(=O)O)c2ccccc2)CC1. The molecule has 0 radical (unpaired) electrons. The number of sulfonamides is 1. The van der Waals surface area contributed by atoms with E-state index in [9.17, 15) is 26.7 Å². The molecule has 1 aromatic carbocycles. The highest BCUT2D eigenvalue weighted by atomic mass is 32.2. The molecule has 0 bridgehead atoms. The van der Waals surface area contributed by atoms with Crippen LogP contribution in [0.1, 0.15) is 11.6 Å². The van der Waals surface area contributed by atoms with Crippen molar-refractivity contribution in [1.82, 2.24) is 13.3 Å². The molecule has 1 aliphatic heterocycles. The Morgan fingerprint density at radius 1 is 1.04 bits per heavy atom. The molecule has 9 nitrogen and oxygen atoms in total. The Labute approximate surface area is 141 Å². The van der Waals surface area contributed by atoms with Crippen molar-refractivity contribution in [2.24, 2.45) is 0 Å². The van der Waals surface area contributed by atoms with Crippen LogP contribution in [0.3, 0.4) is 0 Å². The topological polar surface area (TPSA) is 124 Å². The van der Waals surface area contributed by atoms with Crippen LogP contribution in [0.4, 0.5) is 0 Å². The Hall–Kier alpha value is -1.53. The van der Waals surface area contributed by atoms with Crippen molar-refractivity contribution >= 4 is 26.2 Å². The van der Waals surface area contributed by atoms with E-state index < -0.39 is 32.2 Å². The molecule has 1 atom stereocenters. The summed E-state index contributed by atoms with van der Waals surface area (Å²) in [5, 5.41) is 9.30. The Kier molecular flexibility index (Phi) is 5.60. The molecule has 0 aliphatic carbocycles. The third-order valence-electron chi connectivity index (χ3n) is 3.65. The largest absolute Gasteiger partial charge is 0.480 e. The Morgan fingerprint density at radius 3 is 2.00 bits per heavy atom. The smallest absolute Gasteiger partial charge is 0.326 e. The van der Waals surface area contributed by atoms with Crippen molar-refractivity contribution in [1.29, 1.82) is 0 Å². The minimum absolute atomic E-state index is 0.0306. The second-order valence-corrected chi connectivity index (χ2v) is 9.05. The fraction of sp³-hybridized carbons (Fsp3) is 0.462. The minimum atomic E-state index is -4.06. The van der Waals surface area contributed by atoms with Crippen molar-refractivity contribution in [3.63, 3.8) is 0 Å². The van der Waals surface area contributed by atoms with Gasteiger partial charge in [-0.2, -0.15) is 21.8 Å². The van der Waals surface area contributed by atoms with E-state index >= 15 is 0 Å². The number of piperazine rings is 1. The van der Waals surface area contributed by atoms with E-state index in [4.69, 9.17) is 0 Å². The Balaban J connectivity index is 2.12. The lowest BCUT2D eigenvalue weighted by molar-refractivity contribution is -0.139. The summed E-state index contributed by atoms with van der Waals surface area (Å²) in [5.41, 5.74) is 0.309. The van der Waals surface area contributed by atoms with Gasteiger partial charge in [0.2, 0.25) is 10.0 Å². The normalized spacial score (nSPS) is 19.0. The number of aliphatic carboxylic acids is 1. The van der Waals surface area contributed by atoms with Crippen LogP contribution in [-0.2, 0) is 25.0 Å². The summed E-state index contributed by atoms with van der Waals surface area (Å²) in [6, 6.07) is 6.55. The summed E-state index contributed by atoms with van der Waals surface area (Å²) < 4.78 is 52.1. The molecule has 0 amide bonds. The molecule has 134 valence electrons. The summed E-state index contributed by atoms with van der Waals surface area (Å²) >= 11 is 0. The molecular weight excluding hydrogens is 358 g/mol. The number of carboxylic acids is 1. The van der Waals surface area contributed by atoms with Crippen LogP contribution in [0.5, 0.6) is 0 Å². The number of hydrogen-bond donors (Lipinski definition) is 2. The van der Waals surface area contributed by atoms with Crippen LogP contribution in [0.25, 0.3) is 0 Å².